The molecule has 1 N–H and O–H groups in total. The summed E-state index contributed by atoms with van der Waals surface area (Å²) in [5.74, 6) is 1.67. The van der Waals surface area contributed by atoms with E-state index in [0.29, 0.717) is 0 Å². The number of anilines is 1. The summed E-state index contributed by atoms with van der Waals surface area (Å²) in [6.45, 7) is 5.34. The molecule has 96 valence electrons. The fraction of sp³-hybridized carbons (Fsp3) is 0.562. The second-order valence-electron chi connectivity index (χ2n) is 5.62. The van der Waals surface area contributed by atoms with Crippen molar-refractivity contribution in [2.75, 3.05) is 11.9 Å². The van der Waals surface area contributed by atoms with Crippen molar-refractivity contribution in [3.63, 3.8) is 0 Å². The number of nitrogens with zero attached hydrogens (tertiary/aromatic N) is 1. The molecule has 1 fully saturated rings. The van der Waals surface area contributed by atoms with Gasteiger partial charge in [0.1, 0.15) is 6.07 Å². The van der Waals surface area contributed by atoms with Crippen LogP contribution in [0.25, 0.3) is 0 Å². The first kappa shape index (κ1) is 13.0. The molecule has 0 amide bonds. The van der Waals surface area contributed by atoms with E-state index in [4.69, 9.17) is 0 Å². The highest BCUT2D eigenvalue weighted by atomic mass is 14.9. The van der Waals surface area contributed by atoms with Crippen molar-refractivity contribution in [3.8, 4) is 6.07 Å². The van der Waals surface area contributed by atoms with Crippen LogP contribution in [-0.2, 0) is 0 Å². The molecule has 0 aliphatic heterocycles. The average Bonchev–Trinajstić information content (AvgIpc) is 2.38. The minimum atomic E-state index is 0.772. The molecular formula is C16H22N2. The van der Waals surface area contributed by atoms with Crippen LogP contribution >= 0.6 is 0 Å². The van der Waals surface area contributed by atoms with Crippen molar-refractivity contribution in [2.45, 2.75) is 39.5 Å². The van der Waals surface area contributed by atoms with E-state index in [1.54, 1.807) is 0 Å². The molecule has 0 spiro atoms. The van der Waals surface area contributed by atoms with Crippen molar-refractivity contribution in [1.29, 1.82) is 5.26 Å². The Morgan fingerprint density at radius 3 is 2.67 bits per heavy atom. The first-order valence-electron chi connectivity index (χ1n) is 6.94. The van der Waals surface area contributed by atoms with Crippen molar-refractivity contribution in [1.82, 2.24) is 0 Å². The predicted molar refractivity (Wildman–Crippen MR) is 75.5 cm³/mol. The third kappa shape index (κ3) is 3.04. The average molecular weight is 242 g/mol. The fourth-order valence-corrected chi connectivity index (χ4v) is 2.75. The topological polar surface area (TPSA) is 35.8 Å². The molecule has 0 heterocycles. The summed E-state index contributed by atoms with van der Waals surface area (Å²) in [6, 6.07) is 8.31. The van der Waals surface area contributed by atoms with Crippen molar-refractivity contribution >= 4 is 5.69 Å². The molecular weight excluding hydrogens is 220 g/mol. The SMILES string of the molecule is Cc1cccc(NCC2CCC(C)CC2)c1C#N. The smallest absolute Gasteiger partial charge is 0.102 e. The molecule has 2 rings (SSSR count). The Balaban J connectivity index is 1.95. The lowest BCUT2D eigenvalue weighted by molar-refractivity contribution is 0.300. The van der Waals surface area contributed by atoms with Crippen LogP contribution in [0.3, 0.4) is 0 Å². The van der Waals surface area contributed by atoms with Gasteiger partial charge in [0.05, 0.1) is 11.3 Å². The first-order chi connectivity index (χ1) is 8.70. The lowest BCUT2D eigenvalue weighted by atomic mass is 9.83. The molecule has 0 radical (unpaired) electrons. The minimum Gasteiger partial charge on any atom is -0.384 e. The molecule has 1 aromatic carbocycles. The Labute approximate surface area is 110 Å². The number of rotatable bonds is 3. The van der Waals surface area contributed by atoms with Crippen LogP contribution in [0.15, 0.2) is 18.2 Å². The summed E-state index contributed by atoms with van der Waals surface area (Å²) in [6.07, 6.45) is 5.35. The van der Waals surface area contributed by atoms with E-state index in [2.05, 4.69) is 18.3 Å². The third-order valence-electron chi connectivity index (χ3n) is 4.10. The monoisotopic (exact) mass is 242 g/mol. The van der Waals surface area contributed by atoms with Crippen LogP contribution in [0.5, 0.6) is 0 Å². The van der Waals surface area contributed by atoms with Crippen molar-refractivity contribution in [2.24, 2.45) is 11.8 Å². The highest BCUT2D eigenvalue weighted by Gasteiger charge is 2.18. The fourth-order valence-electron chi connectivity index (χ4n) is 2.75. The van der Waals surface area contributed by atoms with E-state index in [-0.39, 0.29) is 0 Å². The van der Waals surface area contributed by atoms with Gasteiger partial charge in [-0.2, -0.15) is 5.26 Å². The standard InChI is InChI=1S/C16H22N2/c1-12-6-8-14(9-7-12)11-18-16-5-3-4-13(2)15(16)10-17/h3-5,12,14,18H,6-9,11H2,1-2H3. The number of benzene rings is 1. The molecule has 2 nitrogen and oxygen atoms in total. The van der Waals surface area contributed by atoms with Crippen LogP contribution < -0.4 is 5.32 Å². The molecule has 2 heteroatoms. The van der Waals surface area contributed by atoms with Gasteiger partial charge in [-0.05, 0) is 43.2 Å². The van der Waals surface area contributed by atoms with Gasteiger partial charge in [0.2, 0.25) is 0 Å². The Bertz CT molecular complexity index is 437. The summed E-state index contributed by atoms with van der Waals surface area (Å²) >= 11 is 0. The molecule has 1 saturated carbocycles. The third-order valence-corrected chi connectivity index (χ3v) is 4.10. The zero-order valence-corrected chi connectivity index (χ0v) is 11.4. The van der Waals surface area contributed by atoms with Gasteiger partial charge in [-0.25, -0.2) is 0 Å². The maximum atomic E-state index is 9.18. The molecule has 0 saturated heterocycles. The van der Waals surface area contributed by atoms with Gasteiger partial charge in [-0.1, -0.05) is 31.9 Å². The molecule has 0 atom stereocenters. The highest BCUT2D eigenvalue weighted by molar-refractivity contribution is 5.60. The molecule has 0 aromatic heterocycles. The number of hydrogen-bond donors (Lipinski definition) is 1. The Kier molecular flexibility index (Phi) is 4.25. The Hall–Kier alpha value is -1.49. The van der Waals surface area contributed by atoms with Gasteiger partial charge in [0, 0.05) is 6.54 Å². The zero-order valence-electron chi connectivity index (χ0n) is 11.4. The summed E-state index contributed by atoms with van der Waals surface area (Å²) < 4.78 is 0. The van der Waals surface area contributed by atoms with Gasteiger partial charge >= 0.3 is 0 Å². The van der Waals surface area contributed by atoms with Gasteiger partial charge in [-0.15, -0.1) is 0 Å². The van der Waals surface area contributed by atoms with Crippen LogP contribution in [0.4, 0.5) is 5.69 Å². The number of nitriles is 1. The second-order valence-corrected chi connectivity index (χ2v) is 5.62. The molecule has 1 aliphatic rings. The van der Waals surface area contributed by atoms with E-state index < -0.39 is 0 Å². The lowest BCUT2D eigenvalue weighted by Gasteiger charge is -2.26. The van der Waals surface area contributed by atoms with E-state index in [9.17, 15) is 5.26 Å². The van der Waals surface area contributed by atoms with E-state index >= 15 is 0 Å². The molecule has 0 unspecified atom stereocenters. The van der Waals surface area contributed by atoms with Gasteiger partial charge < -0.3 is 5.32 Å². The Morgan fingerprint density at radius 2 is 2.00 bits per heavy atom. The summed E-state index contributed by atoms with van der Waals surface area (Å²) in [5.41, 5.74) is 2.84. The largest absolute Gasteiger partial charge is 0.384 e. The van der Waals surface area contributed by atoms with Crippen molar-refractivity contribution in [3.05, 3.63) is 29.3 Å². The summed E-state index contributed by atoms with van der Waals surface area (Å²) in [5, 5.41) is 12.6. The normalized spacial score (nSPS) is 23.4. The predicted octanol–water partition coefficient (Wildman–Crippen LogP) is 4.10. The molecule has 1 aliphatic carbocycles. The number of nitrogens with one attached hydrogen (secondary N) is 1. The highest BCUT2D eigenvalue weighted by Crippen LogP contribution is 2.29. The maximum Gasteiger partial charge on any atom is 0.102 e. The minimum absolute atomic E-state index is 0.772. The van der Waals surface area contributed by atoms with Crippen LogP contribution in [-0.4, -0.2) is 6.54 Å². The van der Waals surface area contributed by atoms with E-state index in [1.807, 2.05) is 25.1 Å². The summed E-state index contributed by atoms with van der Waals surface area (Å²) in [4.78, 5) is 0. The molecule has 1 aromatic rings. The number of aryl methyl sites for hydroxylation is 1. The number of hydrogen-bond acceptors (Lipinski definition) is 2. The van der Waals surface area contributed by atoms with Crippen LogP contribution in [0.2, 0.25) is 0 Å². The lowest BCUT2D eigenvalue weighted by Crippen LogP contribution is -2.20. The van der Waals surface area contributed by atoms with Crippen molar-refractivity contribution < 1.29 is 0 Å². The first-order valence-corrected chi connectivity index (χ1v) is 6.94. The Morgan fingerprint density at radius 1 is 1.28 bits per heavy atom. The van der Waals surface area contributed by atoms with Gasteiger partial charge in [-0.3, -0.25) is 0 Å². The zero-order chi connectivity index (χ0) is 13.0. The maximum absolute atomic E-state index is 9.18. The van der Waals surface area contributed by atoms with Crippen LogP contribution in [0.1, 0.15) is 43.7 Å². The summed E-state index contributed by atoms with van der Waals surface area (Å²) in [7, 11) is 0. The molecule has 18 heavy (non-hydrogen) atoms. The van der Waals surface area contributed by atoms with Gasteiger partial charge in [0.15, 0.2) is 0 Å². The second kappa shape index (κ2) is 5.91. The van der Waals surface area contributed by atoms with E-state index in [1.165, 1.54) is 25.7 Å². The van der Waals surface area contributed by atoms with Gasteiger partial charge in [0.25, 0.3) is 0 Å². The quantitative estimate of drug-likeness (QED) is 0.866. The van der Waals surface area contributed by atoms with E-state index in [0.717, 1.165) is 35.2 Å². The van der Waals surface area contributed by atoms with Crippen LogP contribution in [0, 0.1) is 30.1 Å². The molecule has 0 bridgehead atoms.